The summed E-state index contributed by atoms with van der Waals surface area (Å²) in [5.41, 5.74) is 9.23. The molecule has 3 aliphatic heterocycles. The number of carbonyl (C=O) groups is 2. The number of esters is 1. The van der Waals surface area contributed by atoms with Crippen molar-refractivity contribution in [2.45, 2.75) is 65.0 Å². The zero-order valence-corrected chi connectivity index (χ0v) is 24.0. The van der Waals surface area contributed by atoms with Gasteiger partial charge in [-0.25, -0.2) is 19.6 Å². The van der Waals surface area contributed by atoms with Gasteiger partial charge in [-0.15, -0.1) is 0 Å². The summed E-state index contributed by atoms with van der Waals surface area (Å²) < 4.78 is 17.9. The largest absolute Gasteiger partial charge is 0.464 e. The number of fused-ring (bicyclic) bond motifs is 2. The number of rotatable bonds is 5. The van der Waals surface area contributed by atoms with Crippen LogP contribution >= 0.6 is 0 Å². The highest BCUT2D eigenvalue weighted by Crippen LogP contribution is 2.35. The van der Waals surface area contributed by atoms with Gasteiger partial charge in [0.05, 0.1) is 30.7 Å². The van der Waals surface area contributed by atoms with Crippen LogP contribution in [0, 0.1) is 0 Å². The van der Waals surface area contributed by atoms with E-state index < -0.39 is 17.7 Å². The first-order chi connectivity index (χ1) is 19.7. The van der Waals surface area contributed by atoms with Crippen molar-refractivity contribution in [2.24, 2.45) is 0 Å². The Kier molecular flexibility index (Phi) is 7.13. The molecular formula is C31H37N5O5. The molecule has 3 aromatic rings. The number of hydrazine groups is 1. The minimum atomic E-state index is -0.714. The van der Waals surface area contributed by atoms with E-state index in [1.807, 2.05) is 18.2 Å². The van der Waals surface area contributed by atoms with E-state index in [4.69, 9.17) is 14.2 Å². The molecule has 10 heteroatoms. The second-order valence-electron chi connectivity index (χ2n) is 11.7. The fraction of sp³-hybridized carbons (Fsp3) is 0.419. The smallest absolute Gasteiger partial charge is 0.419 e. The van der Waals surface area contributed by atoms with Gasteiger partial charge in [-0.05, 0) is 63.8 Å². The van der Waals surface area contributed by atoms with Crippen LogP contribution in [0.25, 0.3) is 16.6 Å². The molecule has 4 heterocycles. The molecule has 1 fully saturated rings. The van der Waals surface area contributed by atoms with E-state index in [9.17, 15) is 9.59 Å². The van der Waals surface area contributed by atoms with Gasteiger partial charge in [-0.1, -0.05) is 24.3 Å². The molecule has 1 aromatic heterocycles. The third kappa shape index (κ3) is 5.37. The second kappa shape index (κ2) is 10.8. The van der Waals surface area contributed by atoms with Crippen LogP contribution in [0.1, 0.15) is 67.2 Å². The number of anilines is 1. The maximum atomic E-state index is 13.1. The van der Waals surface area contributed by atoms with E-state index >= 15 is 0 Å². The van der Waals surface area contributed by atoms with Crippen LogP contribution in [0.15, 0.2) is 48.7 Å². The molecule has 0 aliphatic carbocycles. The summed E-state index contributed by atoms with van der Waals surface area (Å²) in [6.45, 7) is 8.22. The maximum absolute atomic E-state index is 13.1. The third-order valence-corrected chi connectivity index (χ3v) is 7.58. The van der Waals surface area contributed by atoms with E-state index in [0.717, 1.165) is 42.6 Å². The third-order valence-electron chi connectivity index (χ3n) is 7.58. The van der Waals surface area contributed by atoms with Gasteiger partial charge in [0, 0.05) is 42.4 Å². The van der Waals surface area contributed by atoms with Gasteiger partial charge in [0.1, 0.15) is 17.5 Å². The van der Waals surface area contributed by atoms with Crippen molar-refractivity contribution in [3.63, 3.8) is 0 Å². The van der Waals surface area contributed by atoms with Crippen LogP contribution in [0.3, 0.4) is 0 Å². The van der Waals surface area contributed by atoms with Crippen LogP contribution < -0.4 is 15.8 Å². The molecule has 2 aromatic carbocycles. The fourth-order valence-electron chi connectivity index (χ4n) is 5.74. The zero-order chi connectivity index (χ0) is 28.7. The molecule has 0 amide bonds. The van der Waals surface area contributed by atoms with Gasteiger partial charge >= 0.3 is 12.1 Å². The summed E-state index contributed by atoms with van der Waals surface area (Å²) in [6, 6.07) is 13.9. The standard InChI is InChI=1S/C31H37N5O5/c1-31(2,3)41-30(38)35-26-14-20(11-12-21(26)15-27(35)29(37)39-4)17-34-18-24(32-19-34)22-8-7-9-25-23(22)16-33-36(25)28-10-5-6-13-40-28/h7-9,11-12,14-15,18,28,32-33H,5-6,10,13,16-17,19H2,1-4H3. The number of hydrogen-bond acceptors (Lipinski definition) is 9. The topological polar surface area (TPSA) is 97.3 Å². The number of benzene rings is 2. The van der Waals surface area contributed by atoms with E-state index in [-0.39, 0.29) is 11.9 Å². The Balaban J connectivity index is 1.25. The zero-order valence-electron chi connectivity index (χ0n) is 24.0. The maximum Gasteiger partial charge on any atom is 0.419 e. The van der Waals surface area contributed by atoms with Crippen LogP contribution in [-0.2, 0) is 27.3 Å². The van der Waals surface area contributed by atoms with E-state index in [1.54, 1.807) is 26.8 Å². The lowest BCUT2D eigenvalue weighted by Crippen LogP contribution is -2.44. The van der Waals surface area contributed by atoms with Gasteiger partial charge in [0.2, 0.25) is 0 Å². The lowest BCUT2D eigenvalue weighted by atomic mass is 10.0. The first-order valence-corrected chi connectivity index (χ1v) is 14.1. The van der Waals surface area contributed by atoms with Crippen molar-refractivity contribution in [3.05, 3.63) is 71.0 Å². The minimum Gasteiger partial charge on any atom is -0.464 e. The number of carbonyl (C=O) groups excluding carboxylic acids is 2. The number of nitrogens with one attached hydrogen (secondary N) is 2. The Hall–Kier alpha value is -4.02. The summed E-state index contributed by atoms with van der Waals surface area (Å²) in [7, 11) is 1.30. The van der Waals surface area contributed by atoms with Crippen molar-refractivity contribution < 1.29 is 23.8 Å². The molecular weight excluding hydrogens is 522 g/mol. The molecule has 1 unspecified atom stereocenters. The first-order valence-electron chi connectivity index (χ1n) is 14.1. The van der Waals surface area contributed by atoms with Gasteiger partial charge in [-0.2, -0.15) is 0 Å². The number of nitrogens with zero attached hydrogens (tertiary/aromatic N) is 3. The SMILES string of the molecule is COC(=O)c1cc2ccc(CN3C=C(c4cccc5c4CNN5C4CCCCO4)NC3)cc2n1C(=O)OC(C)(C)C. The molecule has 41 heavy (non-hydrogen) atoms. The molecule has 0 radical (unpaired) electrons. The summed E-state index contributed by atoms with van der Waals surface area (Å²) >= 11 is 0. The highest BCUT2D eigenvalue weighted by molar-refractivity contribution is 6.01. The first kappa shape index (κ1) is 27.2. The predicted octanol–water partition coefficient (Wildman–Crippen LogP) is 4.92. The van der Waals surface area contributed by atoms with E-state index in [2.05, 4.69) is 45.1 Å². The van der Waals surface area contributed by atoms with Crippen LogP contribution in [-0.4, -0.2) is 53.7 Å². The van der Waals surface area contributed by atoms with Crippen LogP contribution in [0.2, 0.25) is 0 Å². The fourth-order valence-corrected chi connectivity index (χ4v) is 5.74. The second-order valence-corrected chi connectivity index (χ2v) is 11.7. The molecule has 10 nitrogen and oxygen atoms in total. The van der Waals surface area contributed by atoms with Gasteiger partial charge in [0.15, 0.2) is 0 Å². The van der Waals surface area contributed by atoms with Crippen LogP contribution in [0.5, 0.6) is 0 Å². The Morgan fingerprint density at radius 3 is 2.73 bits per heavy atom. The highest BCUT2D eigenvalue weighted by Gasteiger charge is 2.31. The summed E-state index contributed by atoms with van der Waals surface area (Å²) in [5.74, 6) is -0.594. The Morgan fingerprint density at radius 2 is 1.98 bits per heavy atom. The summed E-state index contributed by atoms with van der Waals surface area (Å²) in [6.07, 6.45) is 4.92. The summed E-state index contributed by atoms with van der Waals surface area (Å²) in [4.78, 5) is 27.8. The average Bonchev–Trinajstić information content (AvgIpc) is 3.69. The van der Waals surface area contributed by atoms with Crippen LogP contribution in [0.4, 0.5) is 10.5 Å². The minimum absolute atomic E-state index is 0.0662. The highest BCUT2D eigenvalue weighted by atomic mass is 16.6. The lowest BCUT2D eigenvalue weighted by molar-refractivity contribution is 0.00928. The molecule has 1 atom stereocenters. The Bertz CT molecular complexity index is 1520. The predicted molar refractivity (Wildman–Crippen MR) is 156 cm³/mol. The van der Waals surface area contributed by atoms with Crippen molar-refractivity contribution >= 4 is 34.3 Å². The van der Waals surface area contributed by atoms with E-state index in [0.29, 0.717) is 18.7 Å². The molecule has 6 rings (SSSR count). The van der Waals surface area contributed by atoms with Gasteiger partial charge < -0.3 is 24.4 Å². The number of methoxy groups -OCH3 is 1. The summed E-state index contributed by atoms with van der Waals surface area (Å²) in [5, 5.41) is 6.50. The Morgan fingerprint density at radius 1 is 1.12 bits per heavy atom. The molecule has 216 valence electrons. The number of ether oxygens (including phenoxy) is 3. The molecule has 1 saturated heterocycles. The molecule has 0 bridgehead atoms. The number of hydrogen-bond donors (Lipinski definition) is 2. The lowest BCUT2D eigenvalue weighted by Gasteiger charge is -2.32. The normalized spacial score (nSPS) is 18.7. The molecule has 2 N–H and O–H groups in total. The molecule has 0 saturated carbocycles. The van der Waals surface area contributed by atoms with E-state index in [1.165, 1.54) is 34.9 Å². The van der Waals surface area contributed by atoms with Crippen molar-refractivity contribution in [1.29, 1.82) is 0 Å². The van der Waals surface area contributed by atoms with Gasteiger partial charge in [0.25, 0.3) is 0 Å². The van der Waals surface area contributed by atoms with Gasteiger partial charge in [-0.3, -0.25) is 5.01 Å². The Labute approximate surface area is 239 Å². The molecule has 3 aliphatic rings. The van der Waals surface area contributed by atoms with Crippen molar-refractivity contribution in [1.82, 2.24) is 20.2 Å². The monoisotopic (exact) mass is 559 g/mol. The molecule has 0 spiro atoms. The average molecular weight is 560 g/mol. The number of aromatic nitrogens is 1. The van der Waals surface area contributed by atoms with Crippen molar-refractivity contribution in [3.8, 4) is 0 Å². The quantitative estimate of drug-likeness (QED) is 0.422. The van der Waals surface area contributed by atoms with Crippen molar-refractivity contribution in [2.75, 3.05) is 25.4 Å².